The summed E-state index contributed by atoms with van der Waals surface area (Å²) in [6.07, 6.45) is 1.22. The topological polar surface area (TPSA) is 58.9 Å². The number of fused-ring (bicyclic) bond motifs is 1. The molecule has 0 radical (unpaired) electrons. The van der Waals surface area contributed by atoms with Crippen molar-refractivity contribution in [3.8, 4) is 16.9 Å². The molecule has 4 nitrogen and oxygen atoms in total. The van der Waals surface area contributed by atoms with Crippen molar-refractivity contribution < 1.29 is 19.7 Å². The van der Waals surface area contributed by atoms with Gasteiger partial charge in [0.15, 0.2) is 0 Å². The van der Waals surface area contributed by atoms with Crippen LogP contribution in [0.4, 0.5) is 0 Å². The largest absolute Gasteiger partial charge is 0.489 e. The van der Waals surface area contributed by atoms with Gasteiger partial charge in [0.05, 0.1) is 12.2 Å². The summed E-state index contributed by atoms with van der Waals surface area (Å²) in [6.45, 7) is 1.58. The number of aliphatic hydroxyl groups is 2. The molecule has 5 rings (SSSR count). The molecule has 0 bridgehead atoms. The van der Waals surface area contributed by atoms with Crippen LogP contribution in [0.5, 0.6) is 5.75 Å². The highest BCUT2D eigenvalue weighted by molar-refractivity contribution is 5.98. The molecule has 4 aromatic rings. The molecule has 0 atom stereocenters. The summed E-state index contributed by atoms with van der Waals surface area (Å²) in [5, 5.41) is 22.9. The molecule has 0 aromatic heterocycles. The van der Waals surface area contributed by atoms with E-state index in [1.54, 1.807) is 0 Å². The van der Waals surface area contributed by atoms with E-state index < -0.39 is 5.60 Å². The standard InChI is InChI=1S/C29H28O4/c30-19-22-15-24-9-10-26(18-28(24)27(17-22)23-6-2-1-3-7-23)33-20-21-5-4-8-25(16-21)29(31)11-13-32-14-12-29/h1-10,15-18,30-31H,11-14,19-20H2. The third-order valence-corrected chi connectivity index (χ3v) is 6.44. The fourth-order valence-corrected chi connectivity index (χ4v) is 4.55. The minimum absolute atomic E-state index is 0.00282. The first-order chi connectivity index (χ1) is 16.1. The molecular formula is C29H28O4. The molecule has 4 aromatic carbocycles. The lowest BCUT2D eigenvalue weighted by Crippen LogP contribution is -2.33. The fourth-order valence-electron chi connectivity index (χ4n) is 4.55. The lowest BCUT2D eigenvalue weighted by molar-refractivity contribution is -0.0679. The van der Waals surface area contributed by atoms with E-state index in [1.165, 1.54) is 0 Å². The van der Waals surface area contributed by atoms with Crippen molar-refractivity contribution in [2.75, 3.05) is 13.2 Å². The van der Waals surface area contributed by atoms with Crippen LogP contribution in [0.15, 0.2) is 84.9 Å². The van der Waals surface area contributed by atoms with E-state index >= 15 is 0 Å². The second-order valence-electron chi connectivity index (χ2n) is 8.68. The van der Waals surface area contributed by atoms with Crippen LogP contribution in [-0.4, -0.2) is 23.4 Å². The summed E-state index contributed by atoms with van der Waals surface area (Å²) in [6, 6.07) is 28.3. The van der Waals surface area contributed by atoms with Gasteiger partial charge in [0, 0.05) is 26.1 Å². The molecule has 1 saturated heterocycles. The first-order valence-corrected chi connectivity index (χ1v) is 11.4. The quantitative estimate of drug-likeness (QED) is 0.411. The molecule has 1 aliphatic heterocycles. The van der Waals surface area contributed by atoms with Gasteiger partial charge >= 0.3 is 0 Å². The smallest absolute Gasteiger partial charge is 0.120 e. The van der Waals surface area contributed by atoms with E-state index in [-0.39, 0.29) is 6.61 Å². The average Bonchev–Trinajstić information content (AvgIpc) is 2.88. The van der Waals surface area contributed by atoms with Gasteiger partial charge in [-0.15, -0.1) is 0 Å². The highest BCUT2D eigenvalue weighted by Gasteiger charge is 2.31. The summed E-state index contributed by atoms with van der Waals surface area (Å²) in [7, 11) is 0. The van der Waals surface area contributed by atoms with Gasteiger partial charge in [-0.25, -0.2) is 0 Å². The minimum atomic E-state index is -0.827. The number of aliphatic hydroxyl groups excluding tert-OH is 1. The lowest BCUT2D eigenvalue weighted by Gasteiger charge is -2.32. The number of benzene rings is 4. The first kappa shape index (κ1) is 21.7. The van der Waals surface area contributed by atoms with Crippen LogP contribution >= 0.6 is 0 Å². The van der Waals surface area contributed by atoms with Crippen molar-refractivity contribution in [3.05, 3.63) is 102 Å². The third-order valence-electron chi connectivity index (χ3n) is 6.44. The Morgan fingerprint density at radius 3 is 2.42 bits per heavy atom. The Balaban J connectivity index is 1.42. The summed E-state index contributed by atoms with van der Waals surface area (Å²) >= 11 is 0. The van der Waals surface area contributed by atoms with Gasteiger partial charge in [-0.05, 0) is 68.9 Å². The second kappa shape index (κ2) is 9.36. The Labute approximate surface area is 194 Å². The predicted molar refractivity (Wildman–Crippen MR) is 130 cm³/mol. The Kier molecular flexibility index (Phi) is 6.14. The van der Waals surface area contributed by atoms with Gasteiger partial charge < -0.3 is 19.7 Å². The van der Waals surface area contributed by atoms with Crippen molar-refractivity contribution in [1.29, 1.82) is 0 Å². The molecule has 2 N–H and O–H groups in total. The molecule has 0 amide bonds. The lowest BCUT2D eigenvalue weighted by atomic mass is 9.86. The highest BCUT2D eigenvalue weighted by atomic mass is 16.5. The summed E-state index contributed by atoms with van der Waals surface area (Å²) in [4.78, 5) is 0. The molecule has 1 heterocycles. The Bertz CT molecular complexity index is 1240. The third kappa shape index (κ3) is 4.64. The summed E-state index contributed by atoms with van der Waals surface area (Å²) < 4.78 is 11.6. The zero-order valence-corrected chi connectivity index (χ0v) is 18.5. The minimum Gasteiger partial charge on any atom is -0.489 e. The van der Waals surface area contributed by atoms with E-state index in [2.05, 4.69) is 18.2 Å². The van der Waals surface area contributed by atoms with E-state index in [4.69, 9.17) is 9.47 Å². The van der Waals surface area contributed by atoms with Crippen LogP contribution in [0.25, 0.3) is 21.9 Å². The molecule has 0 aliphatic carbocycles. The molecule has 1 fully saturated rings. The molecule has 4 heteroatoms. The number of ether oxygens (including phenoxy) is 2. The van der Waals surface area contributed by atoms with Crippen molar-refractivity contribution in [1.82, 2.24) is 0 Å². The van der Waals surface area contributed by atoms with Crippen LogP contribution < -0.4 is 4.74 Å². The van der Waals surface area contributed by atoms with Gasteiger partial charge in [-0.1, -0.05) is 54.6 Å². The normalized spacial score (nSPS) is 15.5. The van der Waals surface area contributed by atoms with Gasteiger partial charge in [-0.3, -0.25) is 0 Å². The van der Waals surface area contributed by atoms with E-state index in [0.717, 1.165) is 44.3 Å². The molecular weight excluding hydrogens is 412 g/mol. The molecule has 0 unspecified atom stereocenters. The van der Waals surface area contributed by atoms with Crippen LogP contribution in [0.1, 0.15) is 29.5 Å². The molecule has 168 valence electrons. The van der Waals surface area contributed by atoms with E-state index in [0.29, 0.717) is 32.7 Å². The maximum absolute atomic E-state index is 11.0. The van der Waals surface area contributed by atoms with Crippen molar-refractivity contribution in [2.45, 2.75) is 31.7 Å². The van der Waals surface area contributed by atoms with Crippen LogP contribution in [0, 0.1) is 0 Å². The number of hydrogen-bond acceptors (Lipinski definition) is 4. The van der Waals surface area contributed by atoms with E-state index in [1.807, 2.05) is 66.7 Å². The maximum atomic E-state index is 11.0. The monoisotopic (exact) mass is 440 g/mol. The van der Waals surface area contributed by atoms with E-state index in [9.17, 15) is 10.2 Å². The van der Waals surface area contributed by atoms with Gasteiger partial charge in [-0.2, -0.15) is 0 Å². The van der Waals surface area contributed by atoms with Crippen LogP contribution in [0.3, 0.4) is 0 Å². The Morgan fingerprint density at radius 1 is 0.818 bits per heavy atom. The average molecular weight is 441 g/mol. The Hall–Kier alpha value is -3.18. The van der Waals surface area contributed by atoms with Crippen molar-refractivity contribution >= 4 is 10.8 Å². The van der Waals surface area contributed by atoms with Crippen LogP contribution in [-0.2, 0) is 23.6 Å². The van der Waals surface area contributed by atoms with Crippen LogP contribution in [0.2, 0.25) is 0 Å². The van der Waals surface area contributed by atoms with Gasteiger partial charge in [0.25, 0.3) is 0 Å². The maximum Gasteiger partial charge on any atom is 0.120 e. The predicted octanol–water partition coefficient (Wildman–Crippen LogP) is 5.58. The molecule has 0 spiro atoms. The fraction of sp³-hybridized carbons (Fsp3) is 0.241. The first-order valence-electron chi connectivity index (χ1n) is 11.4. The van der Waals surface area contributed by atoms with Crippen molar-refractivity contribution in [3.63, 3.8) is 0 Å². The Morgan fingerprint density at radius 2 is 1.64 bits per heavy atom. The molecule has 0 saturated carbocycles. The van der Waals surface area contributed by atoms with Gasteiger partial charge in [0.1, 0.15) is 12.4 Å². The van der Waals surface area contributed by atoms with Gasteiger partial charge in [0.2, 0.25) is 0 Å². The second-order valence-corrected chi connectivity index (χ2v) is 8.68. The summed E-state index contributed by atoms with van der Waals surface area (Å²) in [5.74, 6) is 0.784. The number of rotatable bonds is 6. The highest BCUT2D eigenvalue weighted by Crippen LogP contribution is 2.34. The SMILES string of the molecule is OCc1cc(-c2ccccc2)c2cc(OCc3cccc(C4(O)CCOCC4)c3)ccc2c1. The summed E-state index contributed by atoms with van der Waals surface area (Å²) in [5.41, 5.74) is 4.18. The zero-order valence-electron chi connectivity index (χ0n) is 18.5. The number of hydrogen-bond donors (Lipinski definition) is 2. The molecule has 33 heavy (non-hydrogen) atoms. The van der Waals surface area contributed by atoms with Crippen molar-refractivity contribution in [2.24, 2.45) is 0 Å². The zero-order chi connectivity index (χ0) is 22.7. The molecule has 1 aliphatic rings.